The van der Waals surface area contributed by atoms with Gasteiger partial charge in [-0.2, -0.15) is 10.2 Å². The van der Waals surface area contributed by atoms with Crippen LogP contribution in [-0.4, -0.2) is 31.1 Å². The topological polar surface area (TPSA) is 92.9 Å². The molecule has 18 heavy (non-hydrogen) atoms. The average Bonchev–Trinajstić information content (AvgIpc) is 2.69. The number of nitrogens with one attached hydrogen (secondary N) is 1. The minimum absolute atomic E-state index is 0.131. The Morgan fingerprint density at radius 1 is 1.39 bits per heavy atom. The van der Waals surface area contributed by atoms with Crippen molar-refractivity contribution in [3.05, 3.63) is 29.2 Å². The number of carboxylic acids is 1. The van der Waals surface area contributed by atoms with Crippen LogP contribution in [0.4, 0.5) is 11.5 Å². The number of aromatic carboxylic acids is 1. The Labute approximate surface area is 103 Å². The first kappa shape index (κ1) is 12.0. The molecule has 0 aromatic carbocycles. The molecule has 7 heteroatoms. The summed E-state index contributed by atoms with van der Waals surface area (Å²) in [4.78, 5) is 11.3. The van der Waals surface area contributed by atoms with Crippen LogP contribution in [0.3, 0.4) is 0 Å². The lowest BCUT2D eigenvalue weighted by Crippen LogP contribution is -2.10. The summed E-state index contributed by atoms with van der Waals surface area (Å²) in [5, 5.41) is 23.9. The standard InChI is InChI=1S/C11H13N5O2/c1-6-7(2)14-15-10(9(6)11(17)18)13-8-4-12-16(3)5-8/h4-5H,1-3H3,(H,13,15)(H,17,18). The maximum Gasteiger partial charge on any atom is 0.339 e. The molecule has 0 fully saturated rings. The lowest BCUT2D eigenvalue weighted by atomic mass is 10.1. The number of aryl methyl sites for hydroxylation is 2. The Balaban J connectivity index is 2.44. The number of rotatable bonds is 3. The van der Waals surface area contributed by atoms with Gasteiger partial charge in [-0.05, 0) is 19.4 Å². The second kappa shape index (κ2) is 4.44. The van der Waals surface area contributed by atoms with E-state index < -0.39 is 5.97 Å². The molecule has 0 aliphatic heterocycles. The van der Waals surface area contributed by atoms with Crippen molar-refractivity contribution in [1.82, 2.24) is 20.0 Å². The maximum atomic E-state index is 11.3. The van der Waals surface area contributed by atoms with Gasteiger partial charge in [0, 0.05) is 13.2 Å². The molecule has 0 radical (unpaired) electrons. The molecule has 0 aliphatic carbocycles. The fourth-order valence-corrected chi connectivity index (χ4v) is 1.58. The highest BCUT2D eigenvalue weighted by molar-refractivity contribution is 5.95. The lowest BCUT2D eigenvalue weighted by molar-refractivity contribution is 0.0696. The van der Waals surface area contributed by atoms with Gasteiger partial charge in [0.25, 0.3) is 0 Å². The summed E-state index contributed by atoms with van der Waals surface area (Å²) < 4.78 is 1.61. The first-order chi connectivity index (χ1) is 8.49. The summed E-state index contributed by atoms with van der Waals surface area (Å²) in [6.07, 6.45) is 3.31. The molecule has 2 heterocycles. The van der Waals surface area contributed by atoms with Gasteiger partial charge in [0.2, 0.25) is 0 Å². The third-order valence-corrected chi connectivity index (χ3v) is 2.64. The molecule has 2 aromatic heterocycles. The van der Waals surface area contributed by atoms with Gasteiger partial charge in [-0.3, -0.25) is 4.68 Å². The Morgan fingerprint density at radius 2 is 2.11 bits per heavy atom. The van der Waals surface area contributed by atoms with Crippen molar-refractivity contribution in [1.29, 1.82) is 0 Å². The number of hydrogen-bond donors (Lipinski definition) is 2. The van der Waals surface area contributed by atoms with Crippen molar-refractivity contribution < 1.29 is 9.90 Å². The van der Waals surface area contributed by atoms with E-state index in [-0.39, 0.29) is 11.4 Å². The van der Waals surface area contributed by atoms with E-state index in [9.17, 15) is 9.90 Å². The molecule has 0 unspecified atom stereocenters. The number of nitrogens with zero attached hydrogens (tertiary/aromatic N) is 4. The van der Waals surface area contributed by atoms with Gasteiger partial charge in [0.05, 0.1) is 17.6 Å². The van der Waals surface area contributed by atoms with Gasteiger partial charge in [0.15, 0.2) is 5.82 Å². The summed E-state index contributed by atoms with van der Waals surface area (Å²) in [5.41, 5.74) is 2.00. The molecular formula is C11H13N5O2. The minimum Gasteiger partial charge on any atom is -0.478 e. The maximum absolute atomic E-state index is 11.3. The third kappa shape index (κ3) is 2.15. The number of carbonyl (C=O) groups is 1. The zero-order valence-electron chi connectivity index (χ0n) is 10.3. The van der Waals surface area contributed by atoms with Gasteiger partial charge in [-0.25, -0.2) is 4.79 Å². The molecule has 0 aliphatic rings. The second-order valence-corrected chi connectivity index (χ2v) is 3.97. The highest BCUT2D eigenvalue weighted by atomic mass is 16.4. The number of hydrogen-bond acceptors (Lipinski definition) is 5. The minimum atomic E-state index is -1.03. The number of carboxylic acid groups (broad SMARTS) is 1. The van der Waals surface area contributed by atoms with Crippen LogP contribution in [0.1, 0.15) is 21.6 Å². The molecule has 0 amide bonds. The van der Waals surface area contributed by atoms with E-state index in [2.05, 4.69) is 20.6 Å². The zero-order chi connectivity index (χ0) is 13.3. The first-order valence-corrected chi connectivity index (χ1v) is 5.32. The molecule has 0 atom stereocenters. The Morgan fingerprint density at radius 3 is 2.67 bits per heavy atom. The molecule has 2 aromatic rings. The van der Waals surface area contributed by atoms with E-state index in [4.69, 9.17) is 0 Å². The van der Waals surface area contributed by atoms with Crippen molar-refractivity contribution >= 4 is 17.5 Å². The Kier molecular flexibility index (Phi) is 2.97. The van der Waals surface area contributed by atoms with Crippen molar-refractivity contribution in [3.8, 4) is 0 Å². The van der Waals surface area contributed by atoms with Crippen LogP contribution in [0.15, 0.2) is 12.4 Å². The van der Waals surface area contributed by atoms with Crippen LogP contribution in [-0.2, 0) is 7.05 Å². The molecule has 2 N–H and O–H groups in total. The van der Waals surface area contributed by atoms with E-state index in [0.29, 0.717) is 16.9 Å². The van der Waals surface area contributed by atoms with Crippen molar-refractivity contribution in [2.24, 2.45) is 7.05 Å². The van der Waals surface area contributed by atoms with E-state index in [1.165, 1.54) is 0 Å². The van der Waals surface area contributed by atoms with Gasteiger partial charge in [-0.15, -0.1) is 5.10 Å². The average molecular weight is 247 g/mol. The monoisotopic (exact) mass is 247 g/mol. The van der Waals surface area contributed by atoms with Crippen LogP contribution in [0.25, 0.3) is 0 Å². The van der Waals surface area contributed by atoms with E-state index in [1.54, 1.807) is 38.0 Å². The summed E-state index contributed by atoms with van der Waals surface area (Å²) in [5.74, 6) is -0.810. The Bertz CT molecular complexity index is 605. The number of anilines is 2. The molecule has 2 rings (SSSR count). The van der Waals surface area contributed by atoms with Gasteiger partial charge < -0.3 is 10.4 Å². The van der Waals surface area contributed by atoms with Crippen molar-refractivity contribution in [3.63, 3.8) is 0 Å². The van der Waals surface area contributed by atoms with Gasteiger partial charge in [0.1, 0.15) is 5.56 Å². The first-order valence-electron chi connectivity index (χ1n) is 5.32. The van der Waals surface area contributed by atoms with Crippen LogP contribution in [0.5, 0.6) is 0 Å². The normalized spacial score (nSPS) is 10.4. The van der Waals surface area contributed by atoms with Gasteiger partial charge in [-0.1, -0.05) is 0 Å². The van der Waals surface area contributed by atoms with Gasteiger partial charge >= 0.3 is 5.97 Å². The van der Waals surface area contributed by atoms with E-state index in [0.717, 1.165) is 0 Å². The van der Waals surface area contributed by atoms with Crippen LogP contribution >= 0.6 is 0 Å². The molecule has 0 saturated carbocycles. The van der Waals surface area contributed by atoms with Crippen molar-refractivity contribution in [2.75, 3.05) is 5.32 Å². The fraction of sp³-hybridized carbons (Fsp3) is 0.273. The SMILES string of the molecule is Cc1nnc(Nc2cnn(C)c2)c(C(=O)O)c1C. The van der Waals surface area contributed by atoms with E-state index >= 15 is 0 Å². The predicted molar refractivity (Wildman–Crippen MR) is 65.0 cm³/mol. The summed E-state index contributed by atoms with van der Waals surface area (Å²) in [7, 11) is 1.77. The third-order valence-electron chi connectivity index (χ3n) is 2.64. The highest BCUT2D eigenvalue weighted by Crippen LogP contribution is 2.21. The second-order valence-electron chi connectivity index (χ2n) is 3.97. The van der Waals surface area contributed by atoms with E-state index in [1.807, 2.05) is 0 Å². The van der Waals surface area contributed by atoms with Crippen LogP contribution in [0.2, 0.25) is 0 Å². The smallest absolute Gasteiger partial charge is 0.339 e. The van der Waals surface area contributed by atoms with Crippen molar-refractivity contribution in [2.45, 2.75) is 13.8 Å². The van der Waals surface area contributed by atoms with Crippen LogP contribution < -0.4 is 5.32 Å². The highest BCUT2D eigenvalue weighted by Gasteiger charge is 2.18. The lowest BCUT2D eigenvalue weighted by Gasteiger charge is -2.09. The molecule has 0 bridgehead atoms. The fourth-order valence-electron chi connectivity index (χ4n) is 1.58. The largest absolute Gasteiger partial charge is 0.478 e. The molecule has 94 valence electrons. The Hall–Kier alpha value is -2.44. The number of aromatic nitrogens is 4. The molecule has 7 nitrogen and oxygen atoms in total. The predicted octanol–water partition coefficient (Wildman–Crippen LogP) is 1.27. The molecule has 0 spiro atoms. The molecular weight excluding hydrogens is 234 g/mol. The summed E-state index contributed by atoms with van der Waals surface area (Å²) in [6.45, 7) is 3.44. The quantitative estimate of drug-likeness (QED) is 0.848. The zero-order valence-corrected chi connectivity index (χ0v) is 10.3. The summed E-state index contributed by atoms with van der Waals surface area (Å²) >= 11 is 0. The van der Waals surface area contributed by atoms with Crippen LogP contribution in [0, 0.1) is 13.8 Å². The summed E-state index contributed by atoms with van der Waals surface area (Å²) in [6, 6.07) is 0. The molecule has 0 saturated heterocycles.